The highest BCUT2D eigenvalue weighted by Crippen LogP contribution is 2.32. The maximum absolute atomic E-state index is 13.4. The smallest absolute Gasteiger partial charge is 0.368 e. The summed E-state index contributed by atoms with van der Waals surface area (Å²) in [5.74, 6) is -1.87. The standard InChI is InChI=1S/C27H28ClF3N6O3S.H2/c1-18(37-12-2-3-19-17-20(28)4-9-23(19)37)25(38)36-15-13-35(14-16-36)21-5-7-22(8-6-21)41(39,40)34-24-10-11-32-26(33-24)27(29,30)31;/h4-11,17-18H,2-3,12-16H2,1H3,(H,32,33,34);1H/t18-;/m1./s1. The van der Waals surface area contributed by atoms with Gasteiger partial charge in [-0.3, -0.25) is 9.52 Å². The van der Waals surface area contributed by atoms with Gasteiger partial charge in [0.05, 0.1) is 4.90 Å². The maximum atomic E-state index is 13.4. The second kappa shape index (κ2) is 11.4. The van der Waals surface area contributed by atoms with Crippen LogP contribution < -0.4 is 14.5 Å². The molecule has 2 aromatic carbocycles. The van der Waals surface area contributed by atoms with Gasteiger partial charge in [-0.05, 0) is 73.9 Å². The van der Waals surface area contributed by atoms with Crippen LogP contribution in [-0.2, 0) is 27.4 Å². The van der Waals surface area contributed by atoms with E-state index in [1.54, 1.807) is 12.1 Å². The summed E-state index contributed by atoms with van der Waals surface area (Å²) in [4.78, 5) is 25.7. The molecule has 2 aliphatic heterocycles. The predicted molar refractivity (Wildman–Crippen MR) is 152 cm³/mol. The third-order valence-electron chi connectivity index (χ3n) is 7.27. The second-order valence-electron chi connectivity index (χ2n) is 9.92. The van der Waals surface area contributed by atoms with E-state index in [4.69, 9.17) is 11.6 Å². The molecular weight excluding hydrogens is 581 g/mol. The number of carbonyl (C=O) groups excluding carboxylic acids is 1. The maximum Gasteiger partial charge on any atom is 0.451 e. The first-order valence-electron chi connectivity index (χ1n) is 13.0. The number of rotatable bonds is 6. The van der Waals surface area contributed by atoms with Gasteiger partial charge in [-0.25, -0.2) is 18.4 Å². The summed E-state index contributed by atoms with van der Waals surface area (Å²) in [5, 5.41) is 0.688. The number of amides is 1. The number of carbonyl (C=O) groups is 1. The lowest BCUT2D eigenvalue weighted by Crippen LogP contribution is -2.55. The number of alkyl halides is 3. The molecule has 3 heterocycles. The van der Waals surface area contributed by atoms with Crippen molar-refractivity contribution in [2.45, 2.75) is 36.9 Å². The van der Waals surface area contributed by atoms with Crippen LogP contribution in [0.15, 0.2) is 59.6 Å². The molecule has 0 aliphatic carbocycles. The molecule has 0 spiro atoms. The first-order valence-corrected chi connectivity index (χ1v) is 14.9. The average molecular weight is 611 g/mol. The van der Waals surface area contributed by atoms with Gasteiger partial charge in [0, 0.05) is 56.7 Å². The summed E-state index contributed by atoms with van der Waals surface area (Å²) < 4.78 is 66.1. The number of piperazine rings is 1. The van der Waals surface area contributed by atoms with E-state index in [1.807, 2.05) is 30.0 Å². The lowest BCUT2D eigenvalue weighted by atomic mass is 10.00. The summed E-state index contributed by atoms with van der Waals surface area (Å²) in [6.45, 7) is 4.89. The van der Waals surface area contributed by atoms with Crippen LogP contribution in [0, 0.1) is 0 Å². The Morgan fingerprint density at radius 1 is 1.05 bits per heavy atom. The van der Waals surface area contributed by atoms with Gasteiger partial charge in [-0.15, -0.1) is 0 Å². The Morgan fingerprint density at radius 2 is 1.76 bits per heavy atom. The number of hydrogen-bond donors (Lipinski definition) is 1. The Labute approximate surface area is 242 Å². The van der Waals surface area contributed by atoms with Gasteiger partial charge in [0.2, 0.25) is 11.7 Å². The highest BCUT2D eigenvalue weighted by molar-refractivity contribution is 7.92. The Bertz CT molecular complexity index is 1540. The topological polar surface area (TPSA) is 98.7 Å². The highest BCUT2D eigenvalue weighted by Gasteiger charge is 2.35. The van der Waals surface area contributed by atoms with Crippen LogP contribution in [0.2, 0.25) is 5.02 Å². The van der Waals surface area contributed by atoms with E-state index in [-0.39, 0.29) is 18.3 Å². The minimum absolute atomic E-state index is 0. The van der Waals surface area contributed by atoms with Gasteiger partial charge in [0.15, 0.2) is 0 Å². The molecule has 0 unspecified atom stereocenters. The van der Waals surface area contributed by atoms with Gasteiger partial charge >= 0.3 is 6.18 Å². The van der Waals surface area contributed by atoms with Crippen molar-refractivity contribution in [3.8, 4) is 0 Å². The van der Waals surface area contributed by atoms with Crippen molar-refractivity contribution < 1.29 is 27.8 Å². The SMILES string of the molecule is C[C@H](C(=O)N1CCN(c2ccc(S(=O)(=O)Nc3ccnc(C(F)(F)F)n3)cc2)CC1)N1CCCc2cc(Cl)ccc21.[HH]. The number of fused-ring (bicyclic) bond motifs is 1. The van der Waals surface area contributed by atoms with Crippen LogP contribution in [0.4, 0.5) is 30.4 Å². The van der Waals surface area contributed by atoms with Gasteiger partial charge in [-0.2, -0.15) is 13.2 Å². The number of anilines is 3. The van der Waals surface area contributed by atoms with Crippen LogP contribution in [0.3, 0.4) is 0 Å². The van der Waals surface area contributed by atoms with E-state index in [0.29, 0.717) is 31.2 Å². The summed E-state index contributed by atoms with van der Waals surface area (Å²) in [6, 6.07) is 12.5. The summed E-state index contributed by atoms with van der Waals surface area (Å²) in [7, 11) is -4.18. The first-order chi connectivity index (χ1) is 19.4. The molecule has 0 radical (unpaired) electrons. The summed E-state index contributed by atoms with van der Waals surface area (Å²) >= 11 is 6.16. The largest absolute Gasteiger partial charge is 0.451 e. The summed E-state index contributed by atoms with van der Waals surface area (Å²) in [6.07, 6.45) is -2.08. The Kier molecular flexibility index (Phi) is 8.02. The zero-order valence-electron chi connectivity index (χ0n) is 22.1. The number of aromatic nitrogens is 2. The molecule has 2 aliphatic rings. The fourth-order valence-electron chi connectivity index (χ4n) is 5.16. The Balaban J connectivity index is 0.00000405. The number of benzene rings is 2. The van der Waals surface area contributed by atoms with Crippen LogP contribution in [-0.4, -0.2) is 68.0 Å². The number of sulfonamides is 1. The number of aryl methyl sites for hydroxylation is 1. The van der Waals surface area contributed by atoms with E-state index in [9.17, 15) is 26.4 Å². The van der Waals surface area contributed by atoms with E-state index < -0.39 is 27.8 Å². The molecule has 220 valence electrons. The molecule has 14 heteroatoms. The minimum Gasteiger partial charge on any atom is -0.368 e. The second-order valence-corrected chi connectivity index (χ2v) is 12.0. The van der Waals surface area contributed by atoms with Gasteiger partial charge < -0.3 is 14.7 Å². The lowest BCUT2D eigenvalue weighted by molar-refractivity contribution is -0.144. The van der Waals surface area contributed by atoms with Crippen LogP contribution in [0.25, 0.3) is 0 Å². The van der Waals surface area contributed by atoms with Crippen molar-refractivity contribution in [1.29, 1.82) is 0 Å². The number of hydrogen-bond acceptors (Lipinski definition) is 7. The molecule has 1 aromatic heterocycles. The molecule has 1 amide bonds. The van der Waals surface area contributed by atoms with Gasteiger partial charge in [-0.1, -0.05) is 11.6 Å². The van der Waals surface area contributed by atoms with E-state index in [0.717, 1.165) is 48.6 Å². The van der Waals surface area contributed by atoms with E-state index in [2.05, 4.69) is 24.5 Å². The molecule has 3 aromatic rings. The van der Waals surface area contributed by atoms with Crippen LogP contribution in [0.5, 0.6) is 0 Å². The average Bonchev–Trinajstić information content (AvgIpc) is 2.95. The fourth-order valence-corrected chi connectivity index (χ4v) is 6.36. The molecule has 1 fully saturated rings. The normalized spacial score (nSPS) is 16.8. The van der Waals surface area contributed by atoms with E-state index in [1.165, 1.54) is 12.1 Å². The minimum atomic E-state index is -4.80. The lowest BCUT2D eigenvalue weighted by Gasteiger charge is -2.41. The fraction of sp³-hybridized carbons (Fsp3) is 0.370. The van der Waals surface area contributed by atoms with Gasteiger partial charge in [0.25, 0.3) is 10.0 Å². The summed E-state index contributed by atoms with van der Waals surface area (Å²) in [5.41, 5.74) is 2.97. The van der Waals surface area contributed by atoms with E-state index >= 15 is 0 Å². The zero-order chi connectivity index (χ0) is 29.4. The third-order valence-corrected chi connectivity index (χ3v) is 8.88. The van der Waals surface area contributed by atoms with Crippen molar-refractivity contribution >= 4 is 44.7 Å². The van der Waals surface area contributed by atoms with Crippen LogP contribution >= 0.6 is 11.6 Å². The van der Waals surface area contributed by atoms with Crippen molar-refractivity contribution in [3.63, 3.8) is 0 Å². The molecule has 0 bridgehead atoms. The molecule has 0 saturated carbocycles. The monoisotopic (exact) mass is 610 g/mol. The zero-order valence-corrected chi connectivity index (χ0v) is 23.7. The number of nitrogens with zero attached hydrogens (tertiary/aromatic N) is 5. The first kappa shape index (κ1) is 28.9. The molecule has 41 heavy (non-hydrogen) atoms. The molecule has 5 rings (SSSR count). The van der Waals surface area contributed by atoms with Crippen LogP contribution in [0.1, 0.15) is 26.2 Å². The molecule has 1 atom stereocenters. The Morgan fingerprint density at radius 3 is 2.44 bits per heavy atom. The Hall–Kier alpha value is -3.58. The van der Waals surface area contributed by atoms with Gasteiger partial charge in [0.1, 0.15) is 11.9 Å². The van der Waals surface area contributed by atoms with Crippen molar-refractivity contribution in [2.24, 2.45) is 0 Å². The molecular formula is C27H30ClF3N6O3S. The predicted octanol–water partition coefficient (Wildman–Crippen LogP) is 4.69. The quantitative estimate of drug-likeness (QED) is 0.433. The molecule has 1 N–H and O–H groups in total. The third kappa shape index (κ3) is 6.35. The molecule has 1 saturated heterocycles. The highest BCUT2D eigenvalue weighted by atomic mass is 35.5. The number of halogens is 4. The van der Waals surface area contributed by atoms with Crippen molar-refractivity contribution in [1.82, 2.24) is 14.9 Å². The van der Waals surface area contributed by atoms with Crippen molar-refractivity contribution in [2.75, 3.05) is 47.2 Å². The molecule has 9 nitrogen and oxygen atoms in total. The number of nitrogens with one attached hydrogen (secondary N) is 1. The van der Waals surface area contributed by atoms with Crippen molar-refractivity contribution in [3.05, 3.63) is 71.1 Å².